The van der Waals surface area contributed by atoms with Crippen LogP contribution >= 0.6 is 17.1 Å². The molecule has 32 heavy (non-hydrogen) atoms. The lowest BCUT2D eigenvalue weighted by atomic mass is 9.68. The lowest BCUT2D eigenvalue weighted by Crippen LogP contribution is -2.40. The van der Waals surface area contributed by atoms with Crippen LogP contribution in [0.25, 0.3) is 11.2 Å². The van der Waals surface area contributed by atoms with Gasteiger partial charge in [-0.3, -0.25) is 0 Å². The highest BCUT2D eigenvalue weighted by atomic mass is 32.9. The number of hydrogen-bond acceptors (Lipinski definition) is 8. The molecule has 3 heterocycles. The number of nitrogens with zero attached hydrogens (tertiary/aromatic N) is 4. The van der Waals surface area contributed by atoms with Crippen molar-refractivity contribution in [2.24, 2.45) is 17.8 Å². The van der Waals surface area contributed by atoms with Gasteiger partial charge in [0.2, 0.25) is 5.69 Å². The molecular formula is C22H32N5O2PS2. The van der Waals surface area contributed by atoms with Gasteiger partial charge >= 0.3 is 0 Å². The first-order chi connectivity index (χ1) is 15.2. The third kappa shape index (κ3) is 3.84. The van der Waals surface area contributed by atoms with Crippen molar-refractivity contribution in [3.05, 3.63) is 24.8 Å². The molecule has 2 aliphatic carbocycles. The molecular weight excluding hydrogens is 461 g/mol. The average molecular weight is 494 g/mol. The lowest BCUT2D eigenvalue weighted by Gasteiger charge is -2.45. The maximum atomic E-state index is 6.47. The number of rotatable bonds is 6. The fraction of sp³-hybridized carbons (Fsp3) is 0.682. The van der Waals surface area contributed by atoms with Crippen LogP contribution in [0.3, 0.4) is 0 Å². The third-order valence-electron chi connectivity index (χ3n) is 7.75. The van der Waals surface area contributed by atoms with Crippen LogP contribution in [0.5, 0.6) is 0 Å². The summed E-state index contributed by atoms with van der Waals surface area (Å²) in [4.78, 5) is 12.9. The zero-order chi connectivity index (χ0) is 22.7. The number of allylic oxidation sites excluding steroid dienone is 1. The van der Waals surface area contributed by atoms with Crippen molar-refractivity contribution >= 4 is 45.9 Å². The Morgan fingerprint density at radius 1 is 1.44 bits per heavy atom. The zero-order valence-electron chi connectivity index (χ0n) is 18.9. The predicted molar refractivity (Wildman–Crippen MR) is 134 cm³/mol. The molecule has 1 unspecified atom stereocenters. The smallest absolute Gasteiger partial charge is 0.248 e. The fourth-order valence-corrected chi connectivity index (χ4v) is 12.8. The van der Waals surface area contributed by atoms with Crippen molar-refractivity contribution in [1.82, 2.24) is 19.5 Å². The summed E-state index contributed by atoms with van der Waals surface area (Å²) in [6.07, 6.45) is 8.92. The number of fused-ring (bicyclic) bond motifs is 2. The quantitative estimate of drug-likeness (QED) is 0.417. The highest BCUT2D eigenvalue weighted by molar-refractivity contribution is 8.68. The van der Waals surface area contributed by atoms with Crippen LogP contribution in [-0.4, -0.2) is 37.0 Å². The molecule has 7 nitrogen and oxygen atoms in total. The summed E-state index contributed by atoms with van der Waals surface area (Å²) < 4.78 is 15.1. The summed E-state index contributed by atoms with van der Waals surface area (Å²) in [5.74, 6) is 1.92. The van der Waals surface area contributed by atoms with Gasteiger partial charge in [0.05, 0.1) is 19.0 Å². The van der Waals surface area contributed by atoms with Crippen molar-refractivity contribution in [3.8, 4) is 0 Å². The number of nitrogen functional groups attached to an aromatic ring is 1. The standard InChI is InChI=1S/C22H32N5O2PS2/c1-5-16-15(8-17(16)27-12-26-19-20(23)24-11-25-21(19)27)10-28-30(31)29-18-9-14(13(2)3)6-7-22(18,4)32-30/h11-12,14-18H,2,5-10H2,1,3-4H3,(H2,23,24,25)/t14-,15-,16-,17-,18+,22+,30?/m1/s1. The minimum atomic E-state index is -2.33. The van der Waals surface area contributed by atoms with E-state index in [0.717, 1.165) is 31.3 Å². The molecule has 0 spiro atoms. The molecule has 2 aromatic rings. The first kappa shape index (κ1) is 22.8. The Labute approximate surface area is 198 Å². The maximum absolute atomic E-state index is 6.47. The number of anilines is 1. The van der Waals surface area contributed by atoms with Gasteiger partial charge < -0.3 is 19.3 Å². The van der Waals surface area contributed by atoms with Gasteiger partial charge in [-0.25, -0.2) is 15.0 Å². The van der Waals surface area contributed by atoms with Gasteiger partial charge in [-0.05, 0) is 69.1 Å². The molecule has 3 fully saturated rings. The number of aromatic nitrogens is 4. The predicted octanol–water partition coefficient (Wildman–Crippen LogP) is 5.50. The Morgan fingerprint density at radius 2 is 2.25 bits per heavy atom. The van der Waals surface area contributed by atoms with Crippen LogP contribution in [0.2, 0.25) is 0 Å². The zero-order valence-corrected chi connectivity index (χ0v) is 21.5. The van der Waals surface area contributed by atoms with Gasteiger partial charge in [0, 0.05) is 10.8 Å². The Morgan fingerprint density at radius 3 is 3.00 bits per heavy atom. The summed E-state index contributed by atoms with van der Waals surface area (Å²) in [6, 6.07) is 0.348. The van der Waals surface area contributed by atoms with Crippen molar-refractivity contribution in [3.63, 3.8) is 0 Å². The van der Waals surface area contributed by atoms with E-state index in [1.165, 1.54) is 18.3 Å². The lowest BCUT2D eigenvalue weighted by molar-refractivity contribution is 0.0332. The van der Waals surface area contributed by atoms with Crippen LogP contribution in [0.15, 0.2) is 24.8 Å². The van der Waals surface area contributed by atoms with E-state index in [1.807, 2.05) is 6.33 Å². The Bertz CT molecular complexity index is 1090. The van der Waals surface area contributed by atoms with Crippen LogP contribution in [-0.2, 0) is 20.9 Å². The van der Waals surface area contributed by atoms with E-state index in [0.29, 0.717) is 41.7 Å². The molecule has 0 radical (unpaired) electrons. The summed E-state index contributed by atoms with van der Waals surface area (Å²) >= 11 is 7.78. The molecule has 0 amide bonds. The van der Waals surface area contributed by atoms with Crippen LogP contribution in [0, 0.1) is 17.8 Å². The van der Waals surface area contributed by atoms with Gasteiger partial charge in [0.25, 0.3) is 0 Å². The van der Waals surface area contributed by atoms with Gasteiger partial charge in [0.1, 0.15) is 11.8 Å². The number of nitrogens with two attached hydrogens (primary N) is 1. The van der Waals surface area contributed by atoms with E-state index in [4.69, 9.17) is 26.6 Å². The second-order valence-corrected chi connectivity index (χ2v) is 16.4. The summed E-state index contributed by atoms with van der Waals surface area (Å²) in [7, 11) is 0. The van der Waals surface area contributed by atoms with Crippen molar-refractivity contribution in [1.29, 1.82) is 0 Å². The molecule has 1 saturated heterocycles. The molecule has 5 rings (SSSR count). The summed E-state index contributed by atoms with van der Waals surface area (Å²) in [5.41, 5.74) is 6.38. The van der Waals surface area contributed by atoms with E-state index in [-0.39, 0.29) is 10.9 Å². The SMILES string of the molecule is C=C(C)[C@@H]1CC[C@]2(C)SP(=S)(OC[C@H]3C[C@@H](n4cnc5c(N)ncnc54)[C@@H]3CC)O[C@H]2C1. The van der Waals surface area contributed by atoms with Gasteiger partial charge in [-0.1, -0.05) is 36.9 Å². The molecule has 2 N–H and O–H groups in total. The second-order valence-electron chi connectivity index (χ2n) is 9.78. The van der Waals surface area contributed by atoms with Crippen LogP contribution in [0.1, 0.15) is 58.9 Å². The monoisotopic (exact) mass is 493 g/mol. The first-order valence-corrected chi connectivity index (χ1v) is 15.5. The normalized spacial score (nSPS) is 39.0. The highest BCUT2D eigenvalue weighted by Gasteiger charge is 2.54. The van der Waals surface area contributed by atoms with Gasteiger partial charge in [0.15, 0.2) is 11.5 Å². The molecule has 174 valence electrons. The molecule has 10 heteroatoms. The van der Waals surface area contributed by atoms with Crippen molar-refractivity contribution in [2.45, 2.75) is 69.8 Å². The van der Waals surface area contributed by atoms with E-state index in [1.54, 1.807) is 11.4 Å². The van der Waals surface area contributed by atoms with E-state index in [2.05, 4.69) is 46.9 Å². The highest BCUT2D eigenvalue weighted by Crippen LogP contribution is 2.76. The topological polar surface area (TPSA) is 88.1 Å². The molecule has 3 aliphatic rings. The summed E-state index contributed by atoms with van der Waals surface area (Å²) in [6.45, 7) is 11.5. The van der Waals surface area contributed by atoms with Gasteiger partial charge in [-0.2, -0.15) is 0 Å². The Kier molecular flexibility index (Phi) is 5.94. The molecule has 7 atom stereocenters. The van der Waals surface area contributed by atoms with E-state index >= 15 is 0 Å². The molecule has 0 bridgehead atoms. The van der Waals surface area contributed by atoms with Crippen molar-refractivity contribution < 1.29 is 9.05 Å². The molecule has 2 saturated carbocycles. The first-order valence-electron chi connectivity index (χ1n) is 11.4. The molecule has 0 aromatic carbocycles. The molecule has 2 aromatic heterocycles. The second kappa shape index (κ2) is 8.35. The Balaban J connectivity index is 1.24. The van der Waals surface area contributed by atoms with Gasteiger partial charge in [-0.15, -0.1) is 0 Å². The van der Waals surface area contributed by atoms with Crippen LogP contribution in [0.4, 0.5) is 5.82 Å². The number of hydrogen-bond donors (Lipinski definition) is 1. The average Bonchev–Trinajstić information content (AvgIpc) is 3.25. The van der Waals surface area contributed by atoms with E-state index in [9.17, 15) is 0 Å². The maximum Gasteiger partial charge on any atom is 0.248 e. The molecule has 1 aliphatic heterocycles. The largest absolute Gasteiger partial charge is 0.382 e. The van der Waals surface area contributed by atoms with Crippen molar-refractivity contribution in [2.75, 3.05) is 12.3 Å². The van der Waals surface area contributed by atoms with Crippen LogP contribution < -0.4 is 5.73 Å². The summed E-state index contributed by atoms with van der Waals surface area (Å²) in [5, 5.41) is 0. The van der Waals surface area contributed by atoms with E-state index < -0.39 is 5.69 Å². The Hall–Kier alpha value is -0.990. The minimum absolute atomic E-state index is 0.0726. The fourth-order valence-electron chi connectivity index (χ4n) is 5.64. The minimum Gasteiger partial charge on any atom is -0.382 e. The third-order valence-corrected chi connectivity index (χ3v) is 13.6. The number of imidazole rings is 1.